The Morgan fingerprint density at radius 3 is 2.44 bits per heavy atom. The number of aromatic nitrogens is 5. The van der Waals surface area contributed by atoms with Crippen molar-refractivity contribution in [2.45, 2.75) is 6.04 Å². The number of anilines is 1. The fourth-order valence-corrected chi connectivity index (χ4v) is 4.28. The molecule has 0 amide bonds. The maximum atomic E-state index is 13.2. The van der Waals surface area contributed by atoms with E-state index in [0.717, 1.165) is 40.1 Å². The number of aromatic amines is 1. The topological polar surface area (TPSA) is 128 Å². The lowest BCUT2D eigenvalue weighted by molar-refractivity contribution is 0.383. The zero-order valence-electron chi connectivity index (χ0n) is 19.8. The molecule has 0 aliphatic carbocycles. The first-order valence-electron chi connectivity index (χ1n) is 11.6. The molecular formula is C25H27FN10. The molecule has 3 aromatic heterocycles. The summed E-state index contributed by atoms with van der Waals surface area (Å²) < 4.78 is 15.0. The van der Waals surface area contributed by atoms with E-state index in [1.807, 2.05) is 31.7 Å². The van der Waals surface area contributed by atoms with E-state index in [0.29, 0.717) is 32.1 Å². The van der Waals surface area contributed by atoms with Gasteiger partial charge in [0.25, 0.3) is 0 Å². The van der Waals surface area contributed by atoms with E-state index in [1.54, 1.807) is 29.2 Å². The van der Waals surface area contributed by atoms with E-state index in [1.165, 1.54) is 12.1 Å². The van der Waals surface area contributed by atoms with Crippen LogP contribution in [0, 0.1) is 11.2 Å². The lowest BCUT2D eigenvalue weighted by Gasteiger charge is -2.36. The first kappa shape index (κ1) is 23.4. The van der Waals surface area contributed by atoms with Gasteiger partial charge in [-0.3, -0.25) is 10.1 Å². The van der Waals surface area contributed by atoms with Crippen molar-refractivity contribution in [1.29, 1.82) is 5.41 Å². The van der Waals surface area contributed by atoms with Gasteiger partial charge in [0.2, 0.25) is 5.95 Å². The summed E-state index contributed by atoms with van der Waals surface area (Å²) in [5.74, 6) is 1.06. The third-order valence-electron chi connectivity index (χ3n) is 6.26. The van der Waals surface area contributed by atoms with Crippen molar-refractivity contribution < 1.29 is 4.39 Å². The Bertz CT molecular complexity index is 1350. The van der Waals surface area contributed by atoms with Crippen LogP contribution in [0.15, 0.2) is 66.3 Å². The number of halogens is 1. The number of nitrogens with one attached hydrogen (secondary N) is 2. The van der Waals surface area contributed by atoms with Crippen LogP contribution >= 0.6 is 0 Å². The molecule has 4 heterocycles. The highest BCUT2D eigenvalue weighted by atomic mass is 19.1. The van der Waals surface area contributed by atoms with Gasteiger partial charge in [-0.2, -0.15) is 5.10 Å². The highest BCUT2D eigenvalue weighted by Crippen LogP contribution is 2.22. The Kier molecular flexibility index (Phi) is 6.54. The number of aryl methyl sites for hydroxylation is 1. The molecule has 0 bridgehead atoms. The summed E-state index contributed by atoms with van der Waals surface area (Å²) >= 11 is 0. The minimum Gasteiger partial charge on any atom is -0.358 e. The van der Waals surface area contributed by atoms with Crippen molar-refractivity contribution in [2.75, 3.05) is 31.1 Å². The van der Waals surface area contributed by atoms with Crippen LogP contribution in [0.25, 0.3) is 11.1 Å². The lowest BCUT2D eigenvalue weighted by atomic mass is 10.0. The molecule has 1 aliphatic rings. The predicted octanol–water partition coefficient (Wildman–Crippen LogP) is 2.57. The van der Waals surface area contributed by atoms with Crippen LogP contribution in [-0.2, 0) is 7.05 Å². The van der Waals surface area contributed by atoms with Crippen LogP contribution in [0.4, 0.5) is 10.3 Å². The fourth-order valence-electron chi connectivity index (χ4n) is 4.28. The fraction of sp³-hybridized carbons (Fsp3) is 0.240. The standard InChI is InChI=1S/C25H27FN10/c1-34-15-20(14-33-34)18-10-22(29-11-18)24(32-16-27)35-6-8-36(9-7-35)25-30-12-19(13-31-25)23(28)17-2-4-21(26)5-3-17/h2-5,10-16,23,27,29H,6-9,28H2,1H3/t23-/m0/s1. The lowest BCUT2D eigenvalue weighted by Crippen LogP contribution is -2.49. The zero-order chi connectivity index (χ0) is 25.1. The number of hydrogen-bond acceptors (Lipinski definition) is 6. The molecule has 1 fully saturated rings. The summed E-state index contributed by atoms with van der Waals surface area (Å²) in [5.41, 5.74) is 10.8. The van der Waals surface area contributed by atoms with E-state index in [2.05, 4.69) is 34.8 Å². The molecule has 1 saturated heterocycles. The van der Waals surface area contributed by atoms with Crippen LogP contribution in [0.2, 0.25) is 0 Å². The Hall–Kier alpha value is -4.38. The van der Waals surface area contributed by atoms with E-state index >= 15 is 0 Å². The summed E-state index contributed by atoms with van der Waals surface area (Å²) in [6.45, 7) is 2.81. The van der Waals surface area contributed by atoms with Crippen LogP contribution in [0.5, 0.6) is 0 Å². The number of rotatable bonds is 6. The normalized spacial score (nSPS) is 15.2. The maximum Gasteiger partial charge on any atom is 0.225 e. The second-order valence-corrected chi connectivity index (χ2v) is 8.61. The van der Waals surface area contributed by atoms with E-state index in [9.17, 15) is 4.39 Å². The van der Waals surface area contributed by atoms with Crippen LogP contribution in [0.3, 0.4) is 0 Å². The molecule has 0 radical (unpaired) electrons. The Balaban J connectivity index is 1.24. The highest BCUT2D eigenvalue weighted by molar-refractivity contribution is 6.01. The summed E-state index contributed by atoms with van der Waals surface area (Å²) in [4.78, 5) is 21.0. The molecule has 4 N–H and O–H groups in total. The van der Waals surface area contributed by atoms with Crippen LogP contribution < -0.4 is 10.6 Å². The molecule has 1 atom stereocenters. The molecule has 1 aliphatic heterocycles. The molecule has 11 heteroatoms. The molecular weight excluding hydrogens is 459 g/mol. The molecule has 0 spiro atoms. The van der Waals surface area contributed by atoms with E-state index in [4.69, 9.17) is 11.1 Å². The smallest absolute Gasteiger partial charge is 0.225 e. The second-order valence-electron chi connectivity index (χ2n) is 8.61. The third-order valence-corrected chi connectivity index (χ3v) is 6.26. The van der Waals surface area contributed by atoms with Gasteiger partial charge in [-0.15, -0.1) is 0 Å². The number of aliphatic imine (C=N–C) groups is 1. The zero-order valence-corrected chi connectivity index (χ0v) is 19.8. The van der Waals surface area contributed by atoms with Gasteiger partial charge in [0.15, 0.2) is 5.84 Å². The SMILES string of the molecule is Cn1cc(-c2c[nH]c(C(=NC=N)N3CCN(c4ncc([C@@H](N)c5ccc(F)cc5)cn4)CC3)c2)cn1. The maximum absolute atomic E-state index is 13.2. The molecule has 5 rings (SSSR count). The Morgan fingerprint density at radius 2 is 1.81 bits per heavy atom. The van der Waals surface area contributed by atoms with Gasteiger partial charge in [0, 0.05) is 74.7 Å². The Labute approximate surface area is 207 Å². The summed E-state index contributed by atoms with van der Waals surface area (Å²) in [6.07, 6.45) is 10.2. The summed E-state index contributed by atoms with van der Waals surface area (Å²) in [6, 6.07) is 7.74. The van der Waals surface area contributed by atoms with Gasteiger partial charge < -0.3 is 20.5 Å². The minimum atomic E-state index is -0.422. The minimum absolute atomic E-state index is 0.296. The van der Waals surface area contributed by atoms with Gasteiger partial charge in [-0.25, -0.2) is 19.4 Å². The van der Waals surface area contributed by atoms with Gasteiger partial charge in [-0.05, 0) is 23.8 Å². The molecule has 36 heavy (non-hydrogen) atoms. The largest absolute Gasteiger partial charge is 0.358 e. The van der Waals surface area contributed by atoms with Crippen molar-refractivity contribution in [3.63, 3.8) is 0 Å². The quantitative estimate of drug-likeness (QED) is 0.284. The Morgan fingerprint density at radius 1 is 1.08 bits per heavy atom. The number of benzene rings is 1. The first-order valence-corrected chi connectivity index (χ1v) is 11.6. The van der Waals surface area contributed by atoms with Gasteiger partial charge in [-0.1, -0.05) is 12.1 Å². The van der Waals surface area contributed by atoms with E-state index in [-0.39, 0.29) is 5.82 Å². The van der Waals surface area contributed by atoms with E-state index < -0.39 is 6.04 Å². The number of H-pyrrole nitrogens is 1. The first-order chi connectivity index (χ1) is 17.5. The molecule has 0 saturated carbocycles. The van der Waals surface area contributed by atoms with Crippen molar-refractivity contribution in [3.8, 4) is 11.1 Å². The van der Waals surface area contributed by atoms with Gasteiger partial charge in [0.05, 0.1) is 17.9 Å². The van der Waals surface area contributed by atoms with Crippen molar-refractivity contribution >= 4 is 18.1 Å². The number of hydrogen-bond donors (Lipinski definition) is 3. The van der Waals surface area contributed by atoms with Crippen molar-refractivity contribution in [3.05, 3.63) is 84.0 Å². The molecule has 10 nitrogen and oxygen atoms in total. The van der Waals surface area contributed by atoms with Gasteiger partial charge >= 0.3 is 0 Å². The number of nitrogens with zero attached hydrogens (tertiary/aromatic N) is 7. The third kappa shape index (κ3) is 4.86. The van der Waals surface area contributed by atoms with Crippen molar-refractivity contribution in [1.82, 2.24) is 29.6 Å². The summed E-state index contributed by atoms with van der Waals surface area (Å²) in [5, 5.41) is 11.8. The molecule has 0 unspecified atom stereocenters. The number of nitrogens with two attached hydrogens (primary N) is 1. The van der Waals surface area contributed by atoms with Crippen LogP contribution in [0.1, 0.15) is 22.9 Å². The molecule has 1 aromatic carbocycles. The number of piperazine rings is 1. The average molecular weight is 487 g/mol. The van der Waals surface area contributed by atoms with Crippen molar-refractivity contribution in [2.24, 2.45) is 17.8 Å². The second kappa shape index (κ2) is 10.1. The predicted molar refractivity (Wildman–Crippen MR) is 137 cm³/mol. The van der Waals surface area contributed by atoms with Gasteiger partial charge in [0.1, 0.15) is 12.2 Å². The summed E-state index contributed by atoms with van der Waals surface area (Å²) in [7, 11) is 1.88. The average Bonchev–Trinajstić information content (AvgIpc) is 3.57. The van der Waals surface area contributed by atoms with Crippen LogP contribution in [-0.4, -0.2) is 68.0 Å². The molecule has 4 aromatic rings. The monoisotopic (exact) mass is 486 g/mol. The highest BCUT2D eigenvalue weighted by Gasteiger charge is 2.23. The molecule has 184 valence electrons. The number of amidine groups is 1.